The molecule has 0 saturated heterocycles. The zero-order chi connectivity index (χ0) is 43.4. The van der Waals surface area contributed by atoms with E-state index in [1.807, 2.05) is 38.1 Å². The fourth-order valence-electron chi connectivity index (χ4n) is 6.06. The number of aromatic nitrogens is 2. The maximum absolute atomic E-state index is 14.1. The van der Waals surface area contributed by atoms with Crippen molar-refractivity contribution in [3.63, 3.8) is 0 Å². The third-order valence-corrected chi connectivity index (χ3v) is 9.49. The van der Waals surface area contributed by atoms with Crippen LogP contribution in [0, 0.1) is 11.6 Å². The zero-order valence-corrected chi connectivity index (χ0v) is 32.1. The van der Waals surface area contributed by atoms with Crippen LogP contribution >= 0.6 is 0 Å². The lowest BCUT2D eigenvalue weighted by molar-refractivity contribution is -0.165. The van der Waals surface area contributed by atoms with Gasteiger partial charge in [-0.1, -0.05) is 68.4 Å². The van der Waals surface area contributed by atoms with Crippen LogP contribution in [0.25, 0.3) is 22.0 Å². The summed E-state index contributed by atoms with van der Waals surface area (Å²) in [5.41, 5.74) is 2.14. The lowest BCUT2D eigenvalue weighted by Gasteiger charge is -2.28. The summed E-state index contributed by atoms with van der Waals surface area (Å²) < 4.78 is 68.2. The molecule has 0 aliphatic rings. The molecule has 12 nitrogen and oxygen atoms in total. The fraction of sp³-hybridized carbons (Fsp3) is 0.310. The van der Waals surface area contributed by atoms with Gasteiger partial charge >= 0.3 is 18.1 Å². The van der Waals surface area contributed by atoms with Crippen LogP contribution in [0.4, 0.5) is 22.0 Å². The number of hydrogen-bond donors (Lipinski definition) is 4. The quantitative estimate of drug-likeness (QED) is 0.0945. The molecule has 1 amide bonds. The lowest BCUT2D eigenvalue weighted by atomic mass is 10.0. The molecule has 314 valence electrons. The number of carboxylic acids is 2. The number of amides is 1. The number of carbonyl (C=O) groups is 3. The molecule has 1 aromatic heterocycles. The SMILES string of the molecule is CCN(CC)CCN(Cc1ccc(-c2ccc(C(F)(F)F)cc2)cc1)C(=O)Cn1c(CCc2ccc(F)c(F)c2)nc(=O)c2ccccc21.O=C(O)[C@H](O)[C@@H](O)C(=O)O. The number of halogens is 5. The molecule has 0 spiro atoms. The molecular weight excluding hydrogens is 783 g/mol. The number of aliphatic hydroxyl groups is 2. The van der Waals surface area contributed by atoms with Crippen molar-refractivity contribution in [3.8, 4) is 11.1 Å². The van der Waals surface area contributed by atoms with E-state index in [0.29, 0.717) is 40.9 Å². The van der Waals surface area contributed by atoms with E-state index in [1.54, 1.807) is 33.7 Å². The minimum atomic E-state index is -4.41. The maximum atomic E-state index is 14.1. The van der Waals surface area contributed by atoms with Crippen molar-refractivity contribution in [2.45, 2.75) is 58.2 Å². The molecule has 1 heterocycles. The van der Waals surface area contributed by atoms with Crippen molar-refractivity contribution in [1.29, 1.82) is 0 Å². The standard InChI is InChI=1S/C38H37F5N4O2.C4H6O6/c1-3-45(4-2)21-22-46(24-27-9-13-28(14-10-27)29-15-17-30(18-16-29)38(41,42)43)36(48)25-47-34-8-6-5-7-31(34)37(49)44-35(47)20-12-26-11-19-32(39)33(40)23-26;5-1(3(7)8)2(6)4(9)10/h5-11,13-19,23H,3-4,12,20-22,24-25H2,1-2H3;1-2,5-6H,(H,7,8)(H,9,10)/t;1-,2-/m.1/s1. The number of nitrogens with zero attached hydrogens (tertiary/aromatic N) is 4. The van der Waals surface area contributed by atoms with Crippen LogP contribution in [0.1, 0.15) is 36.4 Å². The van der Waals surface area contributed by atoms with E-state index in [9.17, 15) is 41.1 Å². The van der Waals surface area contributed by atoms with Gasteiger partial charge in [-0.15, -0.1) is 0 Å². The molecule has 5 rings (SSSR count). The average molecular weight is 827 g/mol. The Hall–Kier alpha value is -6.04. The molecule has 0 unspecified atom stereocenters. The fourth-order valence-corrected chi connectivity index (χ4v) is 6.06. The summed E-state index contributed by atoms with van der Waals surface area (Å²) in [4.78, 5) is 54.9. The van der Waals surface area contributed by atoms with Crippen LogP contribution < -0.4 is 5.56 Å². The predicted octanol–water partition coefficient (Wildman–Crippen LogP) is 5.39. The third-order valence-electron chi connectivity index (χ3n) is 9.49. The molecule has 0 aliphatic heterocycles. The van der Waals surface area contributed by atoms with Crippen molar-refractivity contribution >= 4 is 28.7 Å². The van der Waals surface area contributed by atoms with Gasteiger partial charge in [-0.2, -0.15) is 18.2 Å². The summed E-state index contributed by atoms with van der Waals surface area (Å²) in [5.74, 6) is -5.30. The van der Waals surface area contributed by atoms with Crippen molar-refractivity contribution < 1.29 is 56.8 Å². The van der Waals surface area contributed by atoms with Crippen LogP contribution in [0.3, 0.4) is 0 Å². The van der Waals surface area contributed by atoms with E-state index >= 15 is 0 Å². The summed E-state index contributed by atoms with van der Waals surface area (Å²) in [5, 5.41) is 32.9. The van der Waals surface area contributed by atoms with Gasteiger partial charge in [0.15, 0.2) is 23.8 Å². The number of carbonyl (C=O) groups excluding carboxylic acids is 1. The topological polar surface area (TPSA) is 174 Å². The second kappa shape index (κ2) is 20.6. The van der Waals surface area contributed by atoms with Gasteiger partial charge in [0.05, 0.1) is 16.5 Å². The monoisotopic (exact) mass is 826 g/mol. The van der Waals surface area contributed by atoms with Gasteiger partial charge in [-0.25, -0.2) is 18.4 Å². The number of likely N-dealkylation sites (N-methyl/N-ethyl adjacent to an activating group) is 1. The van der Waals surface area contributed by atoms with E-state index in [-0.39, 0.29) is 31.8 Å². The van der Waals surface area contributed by atoms with Gasteiger partial charge in [-0.3, -0.25) is 9.59 Å². The number of aliphatic hydroxyl groups excluding tert-OH is 2. The van der Waals surface area contributed by atoms with Crippen LogP contribution in [-0.4, -0.2) is 96.0 Å². The molecular formula is C42H43F5N4O8. The highest BCUT2D eigenvalue weighted by Gasteiger charge is 2.30. The molecule has 4 N–H and O–H groups in total. The minimum absolute atomic E-state index is 0.108. The Kier molecular flexibility index (Phi) is 15.9. The number of rotatable bonds is 16. The van der Waals surface area contributed by atoms with Gasteiger partial charge in [0.1, 0.15) is 12.4 Å². The summed E-state index contributed by atoms with van der Waals surface area (Å²) >= 11 is 0. The van der Waals surface area contributed by atoms with E-state index < -0.39 is 53.1 Å². The Morgan fingerprint density at radius 1 is 0.746 bits per heavy atom. The van der Waals surface area contributed by atoms with Crippen molar-refractivity contribution in [2.75, 3.05) is 26.2 Å². The summed E-state index contributed by atoms with van der Waals surface area (Å²) in [6, 6.07) is 22.9. The Morgan fingerprint density at radius 3 is 1.85 bits per heavy atom. The molecule has 0 radical (unpaired) electrons. The number of para-hydroxylation sites is 1. The van der Waals surface area contributed by atoms with Crippen molar-refractivity contribution in [2.24, 2.45) is 0 Å². The van der Waals surface area contributed by atoms with E-state index in [0.717, 1.165) is 48.5 Å². The van der Waals surface area contributed by atoms with Gasteiger partial charge in [0, 0.05) is 26.1 Å². The molecule has 0 aliphatic carbocycles. The molecule has 17 heteroatoms. The highest BCUT2D eigenvalue weighted by atomic mass is 19.4. The number of fused-ring (bicyclic) bond motifs is 1. The number of alkyl halides is 3. The normalized spacial score (nSPS) is 12.4. The number of carboxylic acid groups (broad SMARTS) is 2. The van der Waals surface area contributed by atoms with Gasteiger partial charge in [-0.05, 0) is 78.2 Å². The summed E-state index contributed by atoms with van der Waals surface area (Å²) in [6.45, 7) is 6.95. The van der Waals surface area contributed by atoms with Crippen molar-refractivity contribution in [1.82, 2.24) is 19.4 Å². The first-order chi connectivity index (χ1) is 27.9. The predicted molar refractivity (Wildman–Crippen MR) is 207 cm³/mol. The summed E-state index contributed by atoms with van der Waals surface area (Å²) in [6.07, 6.45) is -8.46. The minimum Gasteiger partial charge on any atom is -0.479 e. The molecule has 5 aromatic rings. The Balaban J connectivity index is 0.000000680. The second-order valence-corrected chi connectivity index (χ2v) is 13.4. The smallest absolute Gasteiger partial charge is 0.416 e. The Morgan fingerprint density at radius 2 is 1.31 bits per heavy atom. The molecule has 0 saturated carbocycles. The van der Waals surface area contributed by atoms with Crippen LogP contribution in [0.2, 0.25) is 0 Å². The van der Waals surface area contributed by atoms with Crippen molar-refractivity contribution in [3.05, 3.63) is 135 Å². The molecule has 0 bridgehead atoms. The molecule has 0 fully saturated rings. The van der Waals surface area contributed by atoms with Gasteiger partial charge in [0.25, 0.3) is 5.56 Å². The van der Waals surface area contributed by atoms with E-state index in [2.05, 4.69) is 9.88 Å². The average Bonchev–Trinajstić information content (AvgIpc) is 3.21. The first kappa shape index (κ1) is 45.7. The van der Waals surface area contributed by atoms with Crippen LogP contribution in [0.5, 0.6) is 0 Å². The van der Waals surface area contributed by atoms with Gasteiger partial charge < -0.3 is 34.8 Å². The van der Waals surface area contributed by atoms with Gasteiger partial charge in [0.2, 0.25) is 5.91 Å². The first-order valence-corrected chi connectivity index (χ1v) is 18.4. The van der Waals surface area contributed by atoms with Crippen LogP contribution in [-0.2, 0) is 46.5 Å². The summed E-state index contributed by atoms with van der Waals surface area (Å²) in [7, 11) is 0. The maximum Gasteiger partial charge on any atom is 0.416 e. The number of aliphatic carboxylic acids is 2. The molecule has 2 atom stereocenters. The Bertz CT molecular complexity index is 2260. The highest BCUT2D eigenvalue weighted by Crippen LogP contribution is 2.31. The molecule has 4 aromatic carbocycles. The van der Waals surface area contributed by atoms with E-state index in [4.69, 9.17) is 20.4 Å². The molecule has 59 heavy (non-hydrogen) atoms. The lowest BCUT2D eigenvalue weighted by Crippen LogP contribution is -2.40. The number of aryl methyl sites for hydroxylation is 2. The highest BCUT2D eigenvalue weighted by molar-refractivity contribution is 5.83. The third kappa shape index (κ3) is 12.5. The largest absolute Gasteiger partial charge is 0.479 e. The number of hydrogen-bond acceptors (Lipinski definition) is 8. The second-order valence-electron chi connectivity index (χ2n) is 13.4. The zero-order valence-electron chi connectivity index (χ0n) is 32.1. The Labute approximate surface area is 335 Å². The first-order valence-electron chi connectivity index (χ1n) is 18.4. The van der Waals surface area contributed by atoms with Crippen LogP contribution in [0.15, 0.2) is 95.8 Å². The number of benzene rings is 4. The van der Waals surface area contributed by atoms with E-state index in [1.165, 1.54) is 18.2 Å².